The zero-order chi connectivity index (χ0) is 18.2. The van der Waals surface area contributed by atoms with Crippen LogP contribution >= 0.6 is 0 Å². The average molecular weight is 356 g/mol. The van der Waals surface area contributed by atoms with Crippen LogP contribution in [-0.2, 0) is 9.53 Å². The number of halogens is 2. The third kappa shape index (κ3) is 5.64. The van der Waals surface area contributed by atoms with Crippen LogP contribution in [-0.4, -0.2) is 49.8 Å². The van der Waals surface area contributed by atoms with Crippen molar-refractivity contribution in [3.05, 3.63) is 24.3 Å². The molecule has 1 heterocycles. The zero-order valence-electron chi connectivity index (χ0n) is 14.7. The number of alkyl halides is 2. The normalized spacial score (nSPS) is 16.9. The van der Waals surface area contributed by atoms with Crippen LogP contribution in [0.2, 0.25) is 0 Å². The van der Waals surface area contributed by atoms with Gasteiger partial charge in [0.05, 0.1) is 19.3 Å². The quantitative estimate of drug-likeness (QED) is 0.776. The molecule has 1 N–H and O–H groups in total. The molecule has 2 rings (SSSR count). The zero-order valence-corrected chi connectivity index (χ0v) is 14.7. The summed E-state index contributed by atoms with van der Waals surface area (Å²) in [7, 11) is 0. The Kier molecular flexibility index (Phi) is 7.58. The van der Waals surface area contributed by atoms with Gasteiger partial charge < -0.3 is 14.8 Å². The van der Waals surface area contributed by atoms with E-state index in [0.717, 1.165) is 25.9 Å². The summed E-state index contributed by atoms with van der Waals surface area (Å²) in [6.07, 6.45) is 1.82. The fourth-order valence-corrected chi connectivity index (χ4v) is 3.20. The van der Waals surface area contributed by atoms with Crippen molar-refractivity contribution in [2.24, 2.45) is 5.92 Å². The molecule has 1 saturated heterocycles. The van der Waals surface area contributed by atoms with Crippen LogP contribution in [0.3, 0.4) is 0 Å². The number of morpholine rings is 1. The van der Waals surface area contributed by atoms with Gasteiger partial charge in [0.2, 0.25) is 5.91 Å². The topological polar surface area (TPSA) is 50.8 Å². The highest BCUT2D eigenvalue weighted by atomic mass is 19.3. The van der Waals surface area contributed by atoms with Gasteiger partial charge >= 0.3 is 6.61 Å². The summed E-state index contributed by atoms with van der Waals surface area (Å²) in [6.45, 7) is 4.04. The van der Waals surface area contributed by atoms with Gasteiger partial charge in [0.1, 0.15) is 5.75 Å². The molecule has 0 saturated carbocycles. The number of nitrogens with one attached hydrogen (secondary N) is 1. The van der Waals surface area contributed by atoms with E-state index in [-0.39, 0.29) is 23.6 Å². The maximum Gasteiger partial charge on any atom is 0.387 e. The lowest BCUT2D eigenvalue weighted by Gasteiger charge is -2.37. The van der Waals surface area contributed by atoms with Crippen molar-refractivity contribution in [3.63, 3.8) is 0 Å². The van der Waals surface area contributed by atoms with Crippen molar-refractivity contribution < 1.29 is 23.0 Å². The second-order valence-electron chi connectivity index (χ2n) is 6.06. The summed E-state index contributed by atoms with van der Waals surface area (Å²) in [6, 6.07) is 5.75. The lowest BCUT2D eigenvalue weighted by molar-refractivity contribution is -0.125. The predicted molar refractivity (Wildman–Crippen MR) is 92.0 cm³/mol. The van der Waals surface area contributed by atoms with Gasteiger partial charge in [0, 0.05) is 18.8 Å². The minimum Gasteiger partial charge on any atom is -0.435 e. The molecule has 0 aliphatic carbocycles. The number of hydrogen-bond donors (Lipinski definition) is 1. The summed E-state index contributed by atoms with van der Waals surface area (Å²) in [4.78, 5) is 15.1. The molecule has 0 spiro atoms. The number of carbonyl (C=O) groups is 1. The average Bonchev–Trinajstić information content (AvgIpc) is 2.61. The summed E-state index contributed by atoms with van der Waals surface area (Å²) < 4.78 is 34.1. The van der Waals surface area contributed by atoms with Crippen molar-refractivity contribution >= 4 is 11.6 Å². The first-order valence-corrected chi connectivity index (χ1v) is 8.72. The minimum absolute atomic E-state index is 0.0673. The number of nitrogens with zero attached hydrogens (tertiary/aromatic N) is 1. The van der Waals surface area contributed by atoms with Crippen LogP contribution in [0.1, 0.15) is 26.7 Å². The van der Waals surface area contributed by atoms with Crippen molar-refractivity contribution in [1.82, 2.24) is 4.90 Å². The lowest BCUT2D eigenvalue weighted by Crippen LogP contribution is -2.52. The predicted octanol–water partition coefficient (Wildman–Crippen LogP) is 3.36. The molecule has 0 unspecified atom stereocenters. The molecule has 7 heteroatoms. The minimum atomic E-state index is -2.86. The number of ether oxygens (including phenoxy) is 2. The molecule has 0 radical (unpaired) electrons. The molecule has 5 nitrogen and oxygen atoms in total. The van der Waals surface area contributed by atoms with Gasteiger partial charge in [0.25, 0.3) is 0 Å². The Balaban J connectivity index is 2.07. The lowest BCUT2D eigenvalue weighted by atomic mass is 9.91. The first kappa shape index (κ1) is 19.6. The van der Waals surface area contributed by atoms with E-state index >= 15 is 0 Å². The smallest absolute Gasteiger partial charge is 0.387 e. The Morgan fingerprint density at radius 2 is 1.80 bits per heavy atom. The second-order valence-corrected chi connectivity index (χ2v) is 6.06. The summed E-state index contributed by atoms with van der Waals surface area (Å²) in [5.41, 5.74) is 0.566. The van der Waals surface area contributed by atoms with E-state index in [0.29, 0.717) is 18.9 Å². The van der Waals surface area contributed by atoms with Crippen LogP contribution in [0, 0.1) is 5.92 Å². The molecule has 1 aromatic carbocycles. The summed E-state index contributed by atoms with van der Waals surface area (Å²) in [5.74, 6) is 0.246. The Morgan fingerprint density at radius 1 is 1.20 bits per heavy atom. The van der Waals surface area contributed by atoms with Gasteiger partial charge in [-0.05, 0) is 30.2 Å². The monoisotopic (exact) mass is 356 g/mol. The van der Waals surface area contributed by atoms with Crippen molar-refractivity contribution in [3.8, 4) is 5.75 Å². The SMILES string of the molecule is CCC(CC)[C@H](C(=O)Nc1ccc(OC(F)F)cc1)N1CCOCC1. The van der Waals surface area contributed by atoms with Crippen LogP contribution in [0.5, 0.6) is 5.75 Å². The Morgan fingerprint density at radius 3 is 2.32 bits per heavy atom. The number of amides is 1. The molecule has 0 aromatic heterocycles. The van der Waals surface area contributed by atoms with Gasteiger partial charge in [-0.2, -0.15) is 8.78 Å². The van der Waals surface area contributed by atoms with E-state index < -0.39 is 6.61 Å². The largest absolute Gasteiger partial charge is 0.435 e. The molecule has 1 aromatic rings. The van der Waals surface area contributed by atoms with E-state index in [9.17, 15) is 13.6 Å². The van der Waals surface area contributed by atoms with Gasteiger partial charge in [-0.25, -0.2) is 0 Å². The molecule has 140 valence electrons. The molecule has 1 aliphatic rings. The van der Waals surface area contributed by atoms with E-state index in [2.05, 4.69) is 28.8 Å². The highest BCUT2D eigenvalue weighted by Crippen LogP contribution is 2.23. The fraction of sp³-hybridized carbons (Fsp3) is 0.611. The number of carbonyl (C=O) groups excluding carboxylic acids is 1. The first-order chi connectivity index (χ1) is 12.0. The number of rotatable bonds is 8. The molecule has 1 atom stereocenters. The van der Waals surface area contributed by atoms with Crippen LogP contribution in [0.4, 0.5) is 14.5 Å². The maximum absolute atomic E-state index is 12.9. The third-order valence-electron chi connectivity index (χ3n) is 4.55. The molecule has 0 bridgehead atoms. The van der Waals surface area contributed by atoms with Gasteiger partial charge in [0.15, 0.2) is 0 Å². The van der Waals surface area contributed by atoms with Gasteiger partial charge in [-0.3, -0.25) is 9.69 Å². The number of benzene rings is 1. The molecule has 25 heavy (non-hydrogen) atoms. The van der Waals surface area contributed by atoms with Crippen LogP contribution in [0.25, 0.3) is 0 Å². The molecular weight excluding hydrogens is 330 g/mol. The van der Waals surface area contributed by atoms with Crippen molar-refractivity contribution in [1.29, 1.82) is 0 Å². The Labute approximate surface area is 147 Å². The highest BCUT2D eigenvalue weighted by molar-refractivity contribution is 5.95. The number of anilines is 1. The fourth-order valence-electron chi connectivity index (χ4n) is 3.20. The second kappa shape index (κ2) is 9.68. The van der Waals surface area contributed by atoms with Crippen LogP contribution < -0.4 is 10.1 Å². The van der Waals surface area contributed by atoms with Crippen molar-refractivity contribution in [2.75, 3.05) is 31.6 Å². The molecule has 1 amide bonds. The standard InChI is InChI=1S/C18H26F2N2O3/c1-3-13(4-2)16(22-9-11-24-12-10-22)17(23)21-14-5-7-15(8-6-14)25-18(19)20/h5-8,13,16,18H,3-4,9-12H2,1-2H3,(H,21,23)/t16-/m1/s1. The number of hydrogen-bond acceptors (Lipinski definition) is 4. The van der Waals surface area contributed by atoms with E-state index in [1.165, 1.54) is 12.1 Å². The molecular formula is C18H26F2N2O3. The summed E-state index contributed by atoms with van der Waals surface area (Å²) >= 11 is 0. The van der Waals surface area contributed by atoms with E-state index in [1.807, 2.05) is 0 Å². The Hall–Kier alpha value is -1.73. The van der Waals surface area contributed by atoms with E-state index in [4.69, 9.17) is 4.74 Å². The summed E-state index contributed by atoms with van der Waals surface area (Å²) in [5, 5.41) is 2.90. The van der Waals surface area contributed by atoms with Crippen molar-refractivity contribution in [2.45, 2.75) is 39.3 Å². The van der Waals surface area contributed by atoms with Crippen LogP contribution in [0.15, 0.2) is 24.3 Å². The molecule has 1 aliphatic heterocycles. The van der Waals surface area contributed by atoms with Gasteiger partial charge in [-0.1, -0.05) is 26.7 Å². The Bertz CT molecular complexity index is 530. The first-order valence-electron chi connectivity index (χ1n) is 8.72. The van der Waals surface area contributed by atoms with E-state index in [1.54, 1.807) is 12.1 Å². The third-order valence-corrected chi connectivity index (χ3v) is 4.55. The van der Waals surface area contributed by atoms with Gasteiger partial charge in [-0.15, -0.1) is 0 Å². The maximum atomic E-state index is 12.9. The molecule has 1 fully saturated rings. The highest BCUT2D eigenvalue weighted by Gasteiger charge is 2.32.